The molecule has 1 saturated heterocycles. The summed E-state index contributed by atoms with van der Waals surface area (Å²) < 4.78 is 0. The van der Waals surface area contributed by atoms with Gasteiger partial charge in [0.1, 0.15) is 0 Å². The molecule has 1 fully saturated rings. The first-order valence-corrected chi connectivity index (χ1v) is 8.31. The van der Waals surface area contributed by atoms with E-state index in [1.54, 1.807) is 0 Å². The van der Waals surface area contributed by atoms with Crippen molar-refractivity contribution >= 4 is 5.91 Å². The van der Waals surface area contributed by atoms with Crippen LogP contribution in [0.15, 0.2) is 0 Å². The summed E-state index contributed by atoms with van der Waals surface area (Å²) in [4.78, 5) is 14.1. The molecule has 0 spiro atoms. The zero-order valence-corrected chi connectivity index (χ0v) is 13.6. The summed E-state index contributed by atoms with van der Waals surface area (Å²) in [5, 5.41) is 6.19. The number of rotatable bonds is 9. The maximum atomic E-state index is 11.6. The smallest absolute Gasteiger partial charge is 0.233 e. The van der Waals surface area contributed by atoms with Crippen LogP contribution in [0.2, 0.25) is 0 Å². The van der Waals surface area contributed by atoms with Crippen molar-refractivity contribution < 1.29 is 4.79 Å². The fraction of sp³-hybridized carbons (Fsp3) is 0.938. The summed E-state index contributed by atoms with van der Waals surface area (Å²) in [6.07, 6.45) is 6.25. The number of hydrogen-bond acceptors (Lipinski definition) is 3. The van der Waals surface area contributed by atoms with Crippen molar-refractivity contribution in [1.82, 2.24) is 15.5 Å². The van der Waals surface area contributed by atoms with Crippen LogP contribution in [0.1, 0.15) is 52.9 Å². The second-order valence-electron chi connectivity index (χ2n) is 6.44. The number of likely N-dealkylation sites (tertiary alicyclic amines) is 1. The van der Waals surface area contributed by atoms with E-state index in [2.05, 4.69) is 36.3 Å². The van der Waals surface area contributed by atoms with Crippen LogP contribution in [0, 0.1) is 5.92 Å². The molecule has 2 N–H and O–H groups in total. The maximum Gasteiger partial charge on any atom is 0.233 e. The van der Waals surface area contributed by atoms with Gasteiger partial charge in [0, 0.05) is 12.6 Å². The van der Waals surface area contributed by atoms with Crippen LogP contribution in [0.25, 0.3) is 0 Å². The molecule has 4 heteroatoms. The largest absolute Gasteiger partial charge is 0.355 e. The molecule has 4 nitrogen and oxygen atoms in total. The molecule has 0 aliphatic carbocycles. The lowest BCUT2D eigenvalue weighted by atomic mass is 10.0. The number of nitrogens with one attached hydrogen (secondary N) is 2. The van der Waals surface area contributed by atoms with E-state index in [0.29, 0.717) is 12.5 Å². The summed E-state index contributed by atoms with van der Waals surface area (Å²) in [6.45, 7) is 11.3. The van der Waals surface area contributed by atoms with E-state index < -0.39 is 0 Å². The van der Waals surface area contributed by atoms with E-state index in [1.165, 1.54) is 25.8 Å². The molecule has 20 heavy (non-hydrogen) atoms. The number of amides is 1. The standard InChI is InChI=1S/C16H33N3O/c1-14(2)8-10-18-16(20)13-17-9-6-12-19-11-5-4-7-15(19)3/h14-15,17H,4-13H2,1-3H3,(H,18,20). The predicted octanol–water partition coefficient (Wildman–Crippen LogP) is 2.00. The molecule has 1 aliphatic heterocycles. The minimum atomic E-state index is 0.122. The lowest BCUT2D eigenvalue weighted by molar-refractivity contribution is -0.120. The van der Waals surface area contributed by atoms with Gasteiger partial charge in [-0.1, -0.05) is 20.3 Å². The van der Waals surface area contributed by atoms with Crippen molar-refractivity contribution in [1.29, 1.82) is 0 Å². The molecule has 1 amide bonds. The molecule has 1 rings (SSSR count). The maximum absolute atomic E-state index is 11.6. The van der Waals surface area contributed by atoms with Gasteiger partial charge in [-0.2, -0.15) is 0 Å². The molecule has 118 valence electrons. The first kappa shape index (κ1) is 17.4. The van der Waals surface area contributed by atoms with Gasteiger partial charge >= 0.3 is 0 Å². The molecule has 1 atom stereocenters. The Bertz CT molecular complexity index is 268. The van der Waals surface area contributed by atoms with Crippen molar-refractivity contribution in [2.45, 2.75) is 58.9 Å². The quantitative estimate of drug-likeness (QED) is 0.636. The topological polar surface area (TPSA) is 44.4 Å². The van der Waals surface area contributed by atoms with E-state index in [1.807, 2.05) is 0 Å². The van der Waals surface area contributed by atoms with Gasteiger partial charge in [-0.15, -0.1) is 0 Å². The zero-order chi connectivity index (χ0) is 14.8. The molecule has 0 aromatic rings. The van der Waals surface area contributed by atoms with Gasteiger partial charge in [-0.25, -0.2) is 0 Å². The Morgan fingerprint density at radius 1 is 1.30 bits per heavy atom. The van der Waals surface area contributed by atoms with Crippen LogP contribution in [0.3, 0.4) is 0 Å². The first-order valence-electron chi connectivity index (χ1n) is 8.31. The molecular weight excluding hydrogens is 250 g/mol. The van der Waals surface area contributed by atoms with Crippen molar-refractivity contribution in [3.8, 4) is 0 Å². The molecule has 1 aliphatic rings. The second kappa shape index (κ2) is 10.2. The number of piperidine rings is 1. The summed E-state index contributed by atoms with van der Waals surface area (Å²) in [7, 11) is 0. The average molecular weight is 283 g/mol. The molecule has 0 saturated carbocycles. The summed E-state index contributed by atoms with van der Waals surface area (Å²) in [5.74, 6) is 0.770. The van der Waals surface area contributed by atoms with Crippen LogP contribution in [0.4, 0.5) is 0 Å². The molecule has 0 aromatic heterocycles. The zero-order valence-electron chi connectivity index (χ0n) is 13.6. The lowest BCUT2D eigenvalue weighted by Crippen LogP contribution is -2.40. The highest BCUT2D eigenvalue weighted by Gasteiger charge is 2.16. The summed E-state index contributed by atoms with van der Waals surface area (Å²) in [6, 6.07) is 0.739. The average Bonchev–Trinajstić information content (AvgIpc) is 2.40. The normalized spacial score (nSPS) is 20.3. The van der Waals surface area contributed by atoms with Crippen LogP contribution >= 0.6 is 0 Å². The second-order valence-corrected chi connectivity index (χ2v) is 6.44. The minimum absolute atomic E-state index is 0.122. The van der Waals surface area contributed by atoms with E-state index >= 15 is 0 Å². The van der Waals surface area contributed by atoms with E-state index in [0.717, 1.165) is 38.5 Å². The van der Waals surface area contributed by atoms with Gasteiger partial charge in [0.2, 0.25) is 5.91 Å². The minimum Gasteiger partial charge on any atom is -0.355 e. The number of carbonyl (C=O) groups is 1. The molecular formula is C16H33N3O. The van der Waals surface area contributed by atoms with Gasteiger partial charge in [0.25, 0.3) is 0 Å². The van der Waals surface area contributed by atoms with E-state index in [4.69, 9.17) is 0 Å². The number of hydrogen-bond donors (Lipinski definition) is 2. The first-order chi connectivity index (χ1) is 9.59. The fourth-order valence-electron chi connectivity index (χ4n) is 2.66. The molecule has 0 bridgehead atoms. The Morgan fingerprint density at radius 2 is 2.10 bits per heavy atom. The Balaban J connectivity index is 1.94. The molecule has 0 radical (unpaired) electrons. The highest BCUT2D eigenvalue weighted by atomic mass is 16.1. The number of carbonyl (C=O) groups excluding carboxylic acids is 1. The third-order valence-corrected chi connectivity index (χ3v) is 4.07. The van der Waals surface area contributed by atoms with Crippen LogP contribution in [0.5, 0.6) is 0 Å². The highest BCUT2D eigenvalue weighted by Crippen LogP contribution is 2.15. The molecule has 0 aromatic carbocycles. The monoisotopic (exact) mass is 283 g/mol. The van der Waals surface area contributed by atoms with Gasteiger partial charge < -0.3 is 15.5 Å². The van der Waals surface area contributed by atoms with Crippen LogP contribution in [-0.2, 0) is 4.79 Å². The number of nitrogens with zero attached hydrogens (tertiary/aromatic N) is 1. The van der Waals surface area contributed by atoms with Gasteiger partial charge in [0.05, 0.1) is 6.54 Å². The third kappa shape index (κ3) is 7.85. The Hall–Kier alpha value is -0.610. The van der Waals surface area contributed by atoms with Gasteiger partial charge in [0.15, 0.2) is 0 Å². The van der Waals surface area contributed by atoms with Crippen molar-refractivity contribution in [3.05, 3.63) is 0 Å². The summed E-state index contributed by atoms with van der Waals surface area (Å²) >= 11 is 0. The van der Waals surface area contributed by atoms with Crippen molar-refractivity contribution in [2.75, 3.05) is 32.7 Å². The highest BCUT2D eigenvalue weighted by molar-refractivity contribution is 5.77. The Kier molecular flexibility index (Phi) is 8.86. The van der Waals surface area contributed by atoms with Crippen molar-refractivity contribution in [2.24, 2.45) is 5.92 Å². The van der Waals surface area contributed by atoms with Gasteiger partial charge in [-0.3, -0.25) is 4.79 Å². The SMILES string of the molecule is CC(C)CCNC(=O)CNCCCN1CCCCC1C. The molecule has 1 heterocycles. The third-order valence-electron chi connectivity index (χ3n) is 4.07. The Labute approximate surface area is 124 Å². The van der Waals surface area contributed by atoms with Gasteiger partial charge in [-0.05, 0) is 58.2 Å². The molecule has 1 unspecified atom stereocenters. The summed E-state index contributed by atoms with van der Waals surface area (Å²) in [5.41, 5.74) is 0. The fourth-order valence-corrected chi connectivity index (χ4v) is 2.66. The van der Waals surface area contributed by atoms with Crippen molar-refractivity contribution in [3.63, 3.8) is 0 Å². The van der Waals surface area contributed by atoms with E-state index in [-0.39, 0.29) is 5.91 Å². The lowest BCUT2D eigenvalue weighted by Gasteiger charge is -2.33. The predicted molar refractivity (Wildman–Crippen MR) is 84.8 cm³/mol. The van der Waals surface area contributed by atoms with Crippen LogP contribution < -0.4 is 10.6 Å². The van der Waals surface area contributed by atoms with E-state index in [9.17, 15) is 4.79 Å². The van der Waals surface area contributed by atoms with Crippen LogP contribution in [-0.4, -0.2) is 49.6 Å². The Morgan fingerprint density at radius 3 is 2.80 bits per heavy atom.